The summed E-state index contributed by atoms with van der Waals surface area (Å²) < 4.78 is 0. The third-order valence-electron chi connectivity index (χ3n) is 1.47. The Morgan fingerprint density at radius 2 is 0.846 bits per heavy atom. The highest BCUT2D eigenvalue weighted by Gasteiger charge is 1.72. The van der Waals surface area contributed by atoms with Crippen LogP contribution < -0.4 is 5.73 Å². The molecule has 0 atom stereocenters. The summed E-state index contributed by atoms with van der Waals surface area (Å²) in [4.78, 5) is 0. The lowest BCUT2D eigenvalue weighted by Crippen LogP contribution is -1.79. The second-order valence-electron chi connectivity index (χ2n) is 2.57. The first-order chi connectivity index (χ1) is 6.39. The number of rotatable bonds is 0. The van der Waals surface area contributed by atoms with Crippen molar-refractivity contribution in [3.63, 3.8) is 0 Å². The first-order valence-corrected chi connectivity index (χ1v) is 4.20. The van der Waals surface area contributed by atoms with Crippen LogP contribution in [0.1, 0.15) is 0 Å². The van der Waals surface area contributed by atoms with Crippen LogP contribution in [0.5, 0.6) is 0 Å². The summed E-state index contributed by atoms with van der Waals surface area (Å²) in [6, 6.07) is 21.5. The lowest BCUT2D eigenvalue weighted by Gasteiger charge is -1.83. The number of nitrogens with two attached hydrogens (primary N) is 1. The van der Waals surface area contributed by atoms with Crippen molar-refractivity contribution >= 4 is 5.69 Å². The van der Waals surface area contributed by atoms with E-state index in [1.165, 1.54) is 0 Å². The van der Waals surface area contributed by atoms with E-state index < -0.39 is 0 Å². The van der Waals surface area contributed by atoms with Crippen molar-refractivity contribution in [1.29, 1.82) is 0 Å². The summed E-state index contributed by atoms with van der Waals surface area (Å²) in [7, 11) is 0. The lowest BCUT2D eigenvalue weighted by atomic mass is 10.3. The van der Waals surface area contributed by atoms with E-state index in [2.05, 4.69) is 0 Å². The molecule has 0 aliphatic rings. The van der Waals surface area contributed by atoms with Gasteiger partial charge in [0.15, 0.2) is 0 Å². The van der Waals surface area contributed by atoms with Gasteiger partial charge in [-0.1, -0.05) is 54.6 Å². The number of benzene rings is 2. The van der Waals surface area contributed by atoms with E-state index in [9.17, 15) is 0 Å². The quantitative estimate of drug-likeness (QED) is 0.606. The molecule has 1 heteroatoms. The zero-order chi connectivity index (χ0) is 9.36. The van der Waals surface area contributed by atoms with Gasteiger partial charge in [-0.3, -0.25) is 0 Å². The molecule has 2 aromatic rings. The fourth-order valence-corrected chi connectivity index (χ4v) is 0.838. The predicted octanol–water partition coefficient (Wildman–Crippen LogP) is 2.96. The van der Waals surface area contributed by atoms with E-state index in [1.807, 2.05) is 66.7 Å². The van der Waals surface area contributed by atoms with Gasteiger partial charge in [-0.15, -0.1) is 0 Å². The highest BCUT2D eigenvalue weighted by atomic mass is 14.5. The molecule has 0 fully saturated rings. The molecule has 0 spiro atoms. The Hall–Kier alpha value is -1.76. The average Bonchev–Trinajstić information content (AvgIpc) is 2.22. The maximum atomic E-state index is 5.36. The largest absolute Gasteiger partial charge is 0.399 e. The molecule has 0 bridgehead atoms. The molecule has 0 aliphatic carbocycles. The Morgan fingerprint density at radius 1 is 0.538 bits per heavy atom. The van der Waals surface area contributed by atoms with E-state index in [1.54, 1.807) is 0 Å². The monoisotopic (exact) mass is 171 g/mol. The van der Waals surface area contributed by atoms with Gasteiger partial charge in [0, 0.05) is 5.69 Å². The fourth-order valence-electron chi connectivity index (χ4n) is 0.838. The van der Waals surface area contributed by atoms with Gasteiger partial charge in [-0.25, -0.2) is 0 Å². The summed E-state index contributed by atoms with van der Waals surface area (Å²) >= 11 is 0. The van der Waals surface area contributed by atoms with Crippen LogP contribution >= 0.6 is 0 Å². The van der Waals surface area contributed by atoms with Crippen LogP contribution in [0.15, 0.2) is 66.7 Å². The zero-order valence-electron chi connectivity index (χ0n) is 7.43. The number of nitrogen functional groups attached to an aromatic ring is 1. The molecule has 0 aromatic heterocycles. The van der Waals surface area contributed by atoms with Crippen LogP contribution in [0, 0.1) is 0 Å². The standard InChI is InChI=1S/C6H7N.C6H6/c7-6-4-2-1-3-5-6;1-2-4-6-5-3-1/h1-5H,7H2;1-6H. The first kappa shape index (κ1) is 9.33. The second kappa shape index (κ2) is 5.84. The van der Waals surface area contributed by atoms with Crippen molar-refractivity contribution in [2.45, 2.75) is 0 Å². The molecule has 0 aliphatic heterocycles. The van der Waals surface area contributed by atoms with Crippen LogP contribution in [-0.2, 0) is 0 Å². The van der Waals surface area contributed by atoms with Gasteiger partial charge >= 0.3 is 0 Å². The molecule has 0 saturated heterocycles. The molecule has 66 valence electrons. The van der Waals surface area contributed by atoms with E-state index >= 15 is 0 Å². The first-order valence-electron chi connectivity index (χ1n) is 4.20. The topological polar surface area (TPSA) is 26.0 Å². The maximum Gasteiger partial charge on any atom is 0.0313 e. The van der Waals surface area contributed by atoms with Gasteiger partial charge in [0.05, 0.1) is 0 Å². The van der Waals surface area contributed by atoms with E-state index in [4.69, 9.17) is 5.73 Å². The Morgan fingerprint density at radius 3 is 1.08 bits per heavy atom. The molecule has 13 heavy (non-hydrogen) atoms. The molecule has 2 aromatic carbocycles. The second-order valence-corrected chi connectivity index (χ2v) is 2.57. The smallest absolute Gasteiger partial charge is 0.0313 e. The highest BCUT2D eigenvalue weighted by molar-refractivity contribution is 5.35. The summed E-state index contributed by atoms with van der Waals surface area (Å²) in [5.74, 6) is 0. The molecule has 0 saturated carbocycles. The van der Waals surface area contributed by atoms with Crippen molar-refractivity contribution in [3.05, 3.63) is 66.7 Å². The molecule has 1 nitrogen and oxygen atoms in total. The van der Waals surface area contributed by atoms with Gasteiger partial charge in [0.1, 0.15) is 0 Å². The van der Waals surface area contributed by atoms with Crippen molar-refractivity contribution in [2.24, 2.45) is 0 Å². The van der Waals surface area contributed by atoms with Crippen molar-refractivity contribution < 1.29 is 0 Å². The Labute approximate surface area is 78.8 Å². The number of hydrogen-bond acceptors (Lipinski definition) is 1. The summed E-state index contributed by atoms with van der Waals surface area (Å²) in [5, 5.41) is 0. The zero-order valence-corrected chi connectivity index (χ0v) is 7.43. The third-order valence-corrected chi connectivity index (χ3v) is 1.47. The van der Waals surface area contributed by atoms with Gasteiger partial charge in [0.2, 0.25) is 0 Å². The molecule has 0 amide bonds. The number of para-hydroxylation sites is 1. The summed E-state index contributed by atoms with van der Waals surface area (Å²) in [5.41, 5.74) is 6.18. The van der Waals surface area contributed by atoms with Gasteiger partial charge in [-0.2, -0.15) is 0 Å². The molecule has 2 N–H and O–H groups in total. The van der Waals surface area contributed by atoms with Crippen LogP contribution in [0.25, 0.3) is 0 Å². The Bertz CT molecular complexity index is 276. The number of hydrogen-bond donors (Lipinski definition) is 1. The maximum absolute atomic E-state index is 5.36. The minimum Gasteiger partial charge on any atom is -0.399 e. The van der Waals surface area contributed by atoms with E-state index in [0.29, 0.717) is 0 Å². The van der Waals surface area contributed by atoms with Crippen molar-refractivity contribution in [2.75, 3.05) is 5.73 Å². The Balaban J connectivity index is 0.000000132. The molecule has 0 radical (unpaired) electrons. The van der Waals surface area contributed by atoms with E-state index in [0.717, 1.165) is 5.69 Å². The minimum absolute atomic E-state index is 0.822. The van der Waals surface area contributed by atoms with Gasteiger partial charge < -0.3 is 5.73 Å². The summed E-state index contributed by atoms with van der Waals surface area (Å²) in [6.45, 7) is 0. The molecular formula is C12H13N. The fraction of sp³-hybridized carbons (Fsp3) is 0. The highest BCUT2D eigenvalue weighted by Crippen LogP contribution is 1.95. The normalized spacial score (nSPS) is 8.31. The van der Waals surface area contributed by atoms with Crippen LogP contribution in [0.3, 0.4) is 0 Å². The minimum atomic E-state index is 0.822. The van der Waals surface area contributed by atoms with E-state index in [-0.39, 0.29) is 0 Å². The molecule has 0 unspecified atom stereocenters. The molecular weight excluding hydrogens is 158 g/mol. The van der Waals surface area contributed by atoms with Gasteiger partial charge in [0.25, 0.3) is 0 Å². The third kappa shape index (κ3) is 4.64. The van der Waals surface area contributed by atoms with Gasteiger partial charge in [-0.05, 0) is 12.1 Å². The number of anilines is 1. The van der Waals surface area contributed by atoms with Crippen molar-refractivity contribution in [3.8, 4) is 0 Å². The predicted molar refractivity (Wildman–Crippen MR) is 57.3 cm³/mol. The summed E-state index contributed by atoms with van der Waals surface area (Å²) in [6.07, 6.45) is 0. The lowest BCUT2D eigenvalue weighted by molar-refractivity contribution is 1.69. The SMILES string of the molecule is Nc1ccccc1.c1ccccc1. The van der Waals surface area contributed by atoms with Crippen LogP contribution in [-0.4, -0.2) is 0 Å². The van der Waals surface area contributed by atoms with Crippen LogP contribution in [0.2, 0.25) is 0 Å². The average molecular weight is 171 g/mol. The Kier molecular flexibility index (Phi) is 4.19. The molecule has 0 heterocycles. The van der Waals surface area contributed by atoms with Crippen molar-refractivity contribution in [1.82, 2.24) is 0 Å². The molecule has 2 rings (SSSR count). The van der Waals surface area contributed by atoms with Crippen LogP contribution in [0.4, 0.5) is 5.69 Å².